The van der Waals surface area contributed by atoms with Gasteiger partial charge >= 0.3 is 6.03 Å². The first-order valence-corrected chi connectivity index (χ1v) is 11.3. The van der Waals surface area contributed by atoms with Crippen LogP contribution in [0.25, 0.3) is 11.1 Å². The van der Waals surface area contributed by atoms with Crippen LogP contribution in [0.2, 0.25) is 0 Å². The number of rotatable bonds is 6. The maximum Gasteiger partial charge on any atom is 0.321 e. The van der Waals surface area contributed by atoms with Gasteiger partial charge in [0, 0.05) is 25.3 Å². The normalized spacial score (nSPS) is 14.0. The lowest BCUT2D eigenvalue weighted by atomic mass is 9.97. The number of amides is 3. The second kappa shape index (κ2) is 10.8. The van der Waals surface area contributed by atoms with Gasteiger partial charge in [-0.15, -0.1) is 0 Å². The molecule has 5 nitrogen and oxygen atoms in total. The molecular formula is C27H28FN3O2. The maximum absolute atomic E-state index is 13.0. The topological polar surface area (TPSA) is 61.4 Å². The quantitative estimate of drug-likeness (QED) is 0.555. The molecule has 3 amide bonds. The number of anilines is 1. The fourth-order valence-corrected chi connectivity index (χ4v) is 4.03. The van der Waals surface area contributed by atoms with E-state index in [-0.39, 0.29) is 17.8 Å². The minimum Gasteiger partial charge on any atom is -0.356 e. The van der Waals surface area contributed by atoms with Crippen molar-refractivity contribution in [1.29, 1.82) is 0 Å². The van der Waals surface area contributed by atoms with E-state index in [9.17, 15) is 14.0 Å². The molecule has 1 aliphatic rings. The zero-order valence-electron chi connectivity index (χ0n) is 18.5. The van der Waals surface area contributed by atoms with E-state index in [1.165, 1.54) is 12.1 Å². The zero-order chi connectivity index (χ0) is 23.0. The molecule has 4 rings (SSSR count). The molecule has 1 fully saturated rings. The summed E-state index contributed by atoms with van der Waals surface area (Å²) in [7, 11) is 0. The summed E-state index contributed by atoms with van der Waals surface area (Å²) >= 11 is 0. The molecule has 2 N–H and O–H groups in total. The number of piperidine rings is 1. The van der Waals surface area contributed by atoms with Gasteiger partial charge in [-0.3, -0.25) is 4.79 Å². The summed E-state index contributed by atoms with van der Waals surface area (Å²) in [6.07, 6.45) is 2.03. The van der Waals surface area contributed by atoms with E-state index in [2.05, 4.69) is 22.8 Å². The maximum atomic E-state index is 13.0. The Hall–Kier alpha value is -3.67. The molecule has 3 aromatic rings. The number of hydrogen-bond acceptors (Lipinski definition) is 2. The van der Waals surface area contributed by atoms with Crippen molar-refractivity contribution in [3.05, 3.63) is 90.2 Å². The minimum absolute atomic E-state index is 0.0129. The van der Waals surface area contributed by atoms with Crippen LogP contribution >= 0.6 is 0 Å². The standard InChI is InChI=1S/C27H28FN3O2/c28-24-10-12-25(13-11-24)30-27(33)31-16-14-21(15-17-31)19-29-26(32)18-20-6-8-23(9-7-20)22-4-2-1-3-5-22/h1-13,21H,14-19H2,(H,29,32)(H,30,33). The summed E-state index contributed by atoms with van der Waals surface area (Å²) in [5, 5.41) is 5.84. The number of urea groups is 1. The summed E-state index contributed by atoms with van der Waals surface area (Å²) < 4.78 is 13.0. The number of carbonyl (C=O) groups excluding carboxylic acids is 2. The lowest BCUT2D eigenvalue weighted by molar-refractivity contribution is -0.120. The molecule has 0 radical (unpaired) electrons. The average molecular weight is 446 g/mol. The molecule has 0 atom stereocenters. The summed E-state index contributed by atoms with van der Waals surface area (Å²) in [5.41, 5.74) is 3.85. The number of benzene rings is 3. The Morgan fingerprint density at radius 1 is 0.848 bits per heavy atom. The van der Waals surface area contributed by atoms with Gasteiger partial charge in [0.05, 0.1) is 6.42 Å². The highest BCUT2D eigenvalue weighted by molar-refractivity contribution is 5.89. The molecule has 0 aliphatic carbocycles. The molecule has 1 heterocycles. The van der Waals surface area contributed by atoms with Gasteiger partial charge in [-0.2, -0.15) is 0 Å². The first-order valence-electron chi connectivity index (χ1n) is 11.3. The van der Waals surface area contributed by atoms with Gasteiger partial charge in [0.2, 0.25) is 5.91 Å². The SMILES string of the molecule is O=C(Cc1ccc(-c2ccccc2)cc1)NCC1CCN(C(=O)Nc2ccc(F)cc2)CC1. The van der Waals surface area contributed by atoms with Gasteiger partial charge in [0.25, 0.3) is 0 Å². The van der Waals surface area contributed by atoms with Crippen LogP contribution in [-0.4, -0.2) is 36.5 Å². The largest absolute Gasteiger partial charge is 0.356 e. The van der Waals surface area contributed by atoms with E-state index in [4.69, 9.17) is 0 Å². The number of halogens is 1. The van der Waals surface area contributed by atoms with Crippen LogP contribution in [0.4, 0.5) is 14.9 Å². The highest BCUT2D eigenvalue weighted by Gasteiger charge is 2.23. The van der Waals surface area contributed by atoms with E-state index in [1.807, 2.05) is 42.5 Å². The zero-order valence-corrected chi connectivity index (χ0v) is 18.5. The number of nitrogens with one attached hydrogen (secondary N) is 2. The van der Waals surface area contributed by atoms with Crippen molar-refractivity contribution in [2.45, 2.75) is 19.3 Å². The van der Waals surface area contributed by atoms with E-state index >= 15 is 0 Å². The number of nitrogens with zero attached hydrogens (tertiary/aromatic N) is 1. The highest BCUT2D eigenvalue weighted by Crippen LogP contribution is 2.20. The molecule has 0 unspecified atom stereocenters. The molecule has 1 saturated heterocycles. The van der Waals surface area contributed by atoms with E-state index in [0.717, 1.165) is 29.5 Å². The molecule has 33 heavy (non-hydrogen) atoms. The summed E-state index contributed by atoms with van der Waals surface area (Å²) in [6, 6.07) is 23.8. The van der Waals surface area contributed by atoms with Crippen LogP contribution in [0.1, 0.15) is 18.4 Å². The third kappa shape index (κ3) is 6.42. The lowest BCUT2D eigenvalue weighted by Crippen LogP contribution is -2.43. The monoisotopic (exact) mass is 445 g/mol. The van der Waals surface area contributed by atoms with Crippen LogP contribution < -0.4 is 10.6 Å². The predicted octanol–water partition coefficient (Wildman–Crippen LogP) is 5.10. The van der Waals surface area contributed by atoms with E-state index in [0.29, 0.717) is 37.7 Å². The molecular weight excluding hydrogens is 417 g/mol. The Morgan fingerprint density at radius 2 is 1.48 bits per heavy atom. The van der Waals surface area contributed by atoms with Gasteiger partial charge < -0.3 is 15.5 Å². The molecule has 170 valence electrons. The van der Waals surface area contributed by atoms with Crippen LogP contribution in [0.5, 0.6) is 0 Å². The van der Waals surface area contributed by atoms with E-state index < -0.39 is 0 Å². The van der Waals surface area contributed by atoms with Crippen LogP contribution in [0.15, 0.2) is 78.9 Å². The van der Waals surface area contributed by atoms with Gasteiger partial charge in [-0.1, -0.05) is 54.6 Å². The van der Waals surface area contributed by atoms with Gasteiger partial charge in [-0.25, -0.2) is 9.18 Å². The Morgan fingerprint density at radius 3 is 2.15 bits per heavy atom. The number of carbonyl (C=O) groups is 2. The fourth-order valence-electron chi connectivity index (χ4n) is 4.03. The first kappa shape index (κ1) is 22.5. The van der Waals surface area contributed by atoms with Gasteiger partial charge in [0.15, 0.2) is 0 Å². The van der Waals surface area contributed by atoms with Crippen LogP contribution in [-0.2, 0) is 11.2 Å². The number of likely N-dealkylation sites (tertiary alicyclic amines) is 1. The smallest absolute Gasteiger partial charge is 0.321 e. The van der Waals surface area contributed by atoms with Crippen molar-refractivity contribution in [2.24, 2.45) is 5.92 Å². The molecule has 3 aromatic carbocycles. The van der Waals surface area contributed by atoms with Crippen molar-refractivity contribution in [2.75, 3.05) is 25.0 Å². The van der Waals surface area contributed by atoms with Crippen molar-refractivity contribution < 1.29 is 14.0 Å². The molecule has 1 aliphatic heterocycles. The molecule has 0 bridgehead atoms. The molecule has 0 aromatic heterocycles. The molecule has 6 heteroatoms. The number of hydrogen-bond donors (Lipinski definition) is 2. The lowest BCUT2D eigenvalue weighted by Gasteiger charge is -2.32. The fraction of sp³-hybridized carbons (Fsp3) is 0.259. The van der Waals surface area contributed by atoms with E-state index in [1.54, 1.807) is 17.0 Å². The van der Waals surface area contributed by atoms with Crippen molar-refractivity contribution in [3.63, 3.8) is 0 Å². The van der Waals surface area contributed by atoms with Gasteiger partial charge in [0.1, 0.15) is 5.82 Å². The Balaban J connectivity index is 1.18. The third-order valence-corrected chi connectivity index (χ3v) is 6.01. The highest BCUT2D eigenvalue weighted by atomic mass is 19.1. The predicted molar refractivity (Wildman–Crippen MR) is 128 cm³/mol. The summed E-state index contributed by atoms with van der Waals surface area (Å²) in [6.45, 7) is 1.89. The molecule has 0 saturated carbocycles. The average Bonchev–Trinajstić information content (AvgIpc) is 2.85. The van der Waals surface area contributed by atoms with Gasteiger partial charge in [-0.05, 0) is 59.7 Å². The second-order valence-electron chi connectivity index (χ2n) is 8.41. The first-order chi connectivity index (χ1) is 16.1. The van der Waals surface area contributed by atoms with Crippen molar-refractivity contribution >= 4 is 17.6 Å². The molecule has 0 spiro atoms. The van der Waals surface area contributed by atoms with Crippen molar-refractivity contribution in [3.8, 4) is 11.1 Å². The third-order valence-electron chi connectivity index (χ3n) is 6.01. The Bertz CT molecular complexity index is 1060. The Labute approximate surface area is 193 Å². The Kier molecular flexibility index (Phi) is 7.35. The van der Waals surface area contributed by atoms with Crippen LogP contribution in [0.3, 0.4) is 0 Å². The summed E-state index contributed by atoms with van der Waals surface area (Å²) in [4.78, 5) is 26.6. The summed E-state index contributed by atoms with van der Waals surface area (Å²) in [5.74, 6) is 0.0308. The minimum atomic E-state index is -0.333. The van der Waals surface area contributed by atoms with Crippen molar-refractivity contribution in [1.82, 2.24) is 10.2 Å². The second-order valence-corrected chi connectivity index (χ2v) is 8.41. The van der Waals surface area contributed by atoms with Crippen LogP contribution in [0, 0.1) is 11.7 Å².